The molecule has 1 aliphatic rings. The van der Waals surface area contributed by atoms with Crippen LogP contribution in [0.25, 0.3) is 0 Å². The Hall–Kier alpha value is 0.200. The molecule has 2 nitrogen and oxygen atoms in total. The van der Waals surface area contributed by atoms with E-state index in [1.54, 1.807) is 0 Å². The van der Waals surface area contributed by atoms with Crippen molar-refractivity contribution in [3.05, 3.63) is 0 Å². The summed E-state index contributed by atoms with van der Waals surface area (Å²) in [5, 5.41) is 0. The maximum absolute atomic E-state index is 11.4. The summed E-state index contributed by atoms with van der Waals surface area (Å²) in [5.41, 5.74) is 0. The maximum atomic E-state index is 11.4. The van der Waals surface area contributed by atoms with Gasteiger partial charge in [0.1, 0.15) is 6.10 Å². The number of cyclic esters (lactones) is 1. The van der Waals surface area contributed by atoms with E-state index < -0.39 is 0 Å². The molecule has 0 amide bonds. The summed E-state index contributed by atoms with van der Waals surface area (Å²) < 4.78 is 6.18. The Labute approximate surface area is 113 Å². The standard InChI is InChI=1S/C13H23IO2/c1-2-3-4-5-8-12-10-11(14)7-6-9-13(15)16-12/h11-12H,2-10H2,1H3/t11-,12+/m0/s1. The van der Waals surface area contributed by atoms with Gasteiger partial charge in [0.25, 0.3) is 0 Å². The molecule has 0 spiro atoms. The molecule has 94 valence electrons. The molecule has 1 fully saturated rings. The molecule has 1 saturated heterocycles. The van der Waals surface area contributed by atoms with Gasteiger partial charge in [0.15, 0.2) is 0 Å². The molecular formula is C13H23IO2. The zero-order chi connectivity index (χ0) is 11.8. The van der Waals surface area contributed by atoms with Gasteiger partial charge in [-0.3, -0.25) is 4.79 Å². The molecule has 0 unspecified atom stereocenters. The molecule has 3 heteroatoms. The molecule has 1 heterocycles. The molecule has 2 atom stereocenters. The van der Waals surface area contributed by atoms with E-state index in [2.05, 4.69) is 29.5 Å². The van der Waals surface area contributed by atoms with Crippen LogP contribution in [0, 0.1) is 0 Å². The first-order chi connectivity index (χ1) is 7.72. The van der Waals surface area contributed by atoms with Gasteiger partial charge in [-0.15, -0.1) is 0 Å². The molecule has 0 radical (unpaired) electrons. The number of hydrogen-bond acceptors (Lipinski definition) is 2. The van der Waals surface area contributed by atoms with Crippen molar-refractivity contribution in [2.24, 2.45) is 0 Å². The molecule has 0 aliphatic carbocycles. The zero-order valence-electron chi connectivity index (χ0n) is 10.2. The third-order valence-corrected chi connectivity index (χ3v) is 4.23. The second-order valence-electron chi connectivity index (χ2n) is 4.69. The minimum atomic E-state index is 0.0174. The Kier molecular flexibility index (Phi) is 7.41. The molecule has 0 bridgehead atoms. The molecule has 0 N–H and O–H groups in total. The first-order valence-corrected chi connectivity index (χ1v) is 7.80. The Morgan fingerprint density at radius 1 is 1.38 bits per heavy atom. The normalized spacial score (nSPS) is 27.0. The van der Waals surface area contributed by atoms with Crippen molar-refractivity contribution in [3.8, 4) is 0 Å². The molecule has 0 aromatic heterocycles. The van der Waals surface area contributed by atoms with Crippen molar-refractivity contribution in [2.75, 3.05) is 0 Å². The van der Waals surface area contributed by atoms with Gasteiger partial charge in [-0.1, -0.05) is 48.8 Å². The van der Waals surface area contributed by atoms with Crippen LogP contribution in [0.15, 0.2) is 0 Å². The molecule has 0 aromatic carbocycles. The lowest BCUT2D eigenvalue weighted by Gasteiger charge is -2.23. The van der Waals surface area contributed by atoms with Gasteiger partial charge in [-0.05, 0) is 32.1 Å². The third kappa shape index (κ3) is 6.06. The van der Waals surface area contributed by atoms with Crippen molar-refractivity contribution in [1.82, 2.24) is 0 Å². The third-order valence-electron chi connectivity index (χ3n) is 3.09. The number of carbonyl (C=O) groups is 1. The number of hydrogen-bond donors (Lipinski definition) is 0. The number of esters is 1. The lowest BCUT2D eigenvalue weighted by atomic mass is 10.0. The van der Waals surface area contributed by atoms with Gasteiger partial charge in [0.05, 0.1) is 0 Å². The van der Waals surface area contributed by atoms with Crippen molar-refractivity contribution in [1.29, 1.82) is 0 Å². The largest absolute Gasteiger partial charge is 0.462 e. The quantitative estimate of drug-likeness (QED) is 0.324. The average Bonchev–Trinajstić information content (AvgIpc) is 2.22. The van der Waals surface area contributed by atoms with Crippen LogP contribution in [0.2, 0.25) is 0 Å². The second kappa shape index (κ2) is 8.31. The molecule has 1 aliphatic heterocycles. The van der Waals surface area contributed by atoms with Crippen molar-refractivity contribution < 1.29 is 9.53 Å². The Morgan fingerprint density at radius 3 is 2.94 bits per heavy atom. The number of rotatable bonds is 5. The molecular weight excluding hydrogens is 315 g/mol. The monoisotopic (exact) mass is 338 g/mol. The van der Waals surface area contributed by atoms with Crippen molar-refractivity contribution >= 4 is 28.6 Å². The number of alkyl halides is 1. The van der Waals surface area contributed by atoms with Gasteiger partial charge >= 0.3 is 5.97 Å². The van der Waals surface area contributed by atoms with Crippen LogP contribution in [0.3, 0.4) is 0 Å². The van der Waals surface area contributed by atoms with Crippen LogP contribution in [-0.4, -0.2) is 16.0 Å². The number of carbonyl (C=O) groups excluding carboxylic acids is 1. The Morgan fingerprint density at radius 2 is 2.19 bits per heavy atom. The fraction of sp³-hybridized carbons (Fsp3) is 0.923. The Balaban J connectivity index is 2.26. The van der Waals surface area contributed by atoms with E-state index >= 15 is 0 Å². The van der Waals surface area contributed by atoms with Gasteiger partial charge in [0.2, 0.25) is 0 Å². The van der Waals surface area contributed by atoms with Crippen LogP contribution in [0.1, 0.15) is 64.7 Å². The first-order valence-electron chi connectivity index (χ1n) is 6.56. The fourth-order valence-electron chi connectivity index (χ4n) is 2.14. The zero-order valence-corrected chi connectivity index (χ0v) is 12.4. The van der Waals surface area contributed by atoms with E-state index in [0.717, 1.165) is 19.3 Å². The number of ether oxygens (including phenoxy) is 1. The van der Waals surface area contributed by atoms with E-state index in [1.165, 1.54) is 32.1 Å². The Bertz CT molecular complexity index is 206. The predicted molar refractivity (Wildman–Crippen MR) is 74.9 cm³/mol. The summed E-state index contributed by atoms with van der Waals surface area (Å²) in [6, 6.07) is 0. The van der Waals surface area contributed by atoms with Crippen molar-refractivity contribution in [3.63, 3.8) is 0 Å². The van der Waals surface area contributed by atoms with Crippen molar-refractivity contribution in [2.45, 2.75) is 74.7 Å². The maximum Gasteiger partial charge on any atom is 0.306 e. The van der Waals surface area contributed by atoms with E-state index in [9.17, 15) is 4.79 Å². The van der Waals surface area contributed by atoms with Gasteiger partial charge in [0, 0.05) is 10.3 Å². The summed E-state index contributed by atoms with van der Waals surface area (Å²) in [6.07, 6.45) is 10.1. The molecule has 0 aromatic rings. The summed E-state index contributed by atoms with van der Waals surface area (Å²) in [6.45, 7) is 2.22. The van der Waals surface area contributed by atoms with Crippen LogP contribution in [-0.2, 0) is 9.53 Å². The number of halogens is 1. The highest BCUT2D eigenvalue weighted by molar-refractivity contribution is 14.1. The summed E-state index contributed by atoms with van der Waals surface area (Å²) in [4.78, 5) is 11.4. The summed E-state index contributed by atoms with van der Waals surface area (Å²) in [5.74, 6) is 0.0174. The summed E-state index contributed by atoms with van der Waals surface area (Å²) in [7, 11) is 0. The second-order valence-corrected chi connectivity index (χ2v) is 6.45. The number of unbranched alkanes of at least 4 members (excludes halogenated alkanes) is 3. The molecule has 0 saturated carbocycles. The topological polar surface area (TPSA) is 26.3 Å². The van der Waals surface area contributed by atoms with Crippen LogP contribution < -0.4 is 0 Å². The fourth-order valence-corrected chi connectivity index (χ4v) is 3.15. The van der Waals surface area contributed by atoms with Gasteiger partial charge in [-0.25, -0.2) is 0 Å². The summed E-state index contributed by atoms with van der Waals surface area (Å²) >= 11 is 2.50. The molecule has 1 rings (SSSR count). The first kappa shape index (κ1) is 14.3. The van der Waals surface area contributed by atoms with Gasteiger partial charge < -0.3 is 4.74 Å². The van der Waals surface area contributed by atoms with Crippen LogP contribution in [0.5, 0.6) is 0 Å². The SMILES string of the molecule is CCCCCC[C@@H]1C[C@@H](I)CCCC(=O)O1. The van der Waals surface area contributed by atoms with E-state index in [4.69, 9.17) is 4.74 Å². The highest BCUT2D eigenvalue weighted by atomic mass is 127. The van der Waals surface area contributed by atoms with E-state index in [0.29, 0.717) is 10.3 Å². The van der Waals surface area contributed by atoms with E-state index in [-0.39, 0.29) is 12.1 Å². The lowest BCUT2D eigenvalue weighted by Crippen LogP contribution is -2.24. The highest BCUT2D eigenvalue weighted by Crippen LogP contribution is 2.24. The smallest absolute Gasteiger partial charge is 0.306 e. The molecule has 16 heavy (non-hydrogen) atoms. The average molecular weight is 338 g/mol. The minimum absolute atomic E-state index is 0.0174. The predicted octanol–water partition coefficient (Wildman–Crippen LogP) is 4.25. The van der Waals surface area contributed by atoms with E-state index in [1.807, 2.05) is 0 Å². The van der Waals surface area contributed by atoms with Crippen LogP contribution >= 0.6 is 22.6 Å². The van der Waals surface area contributed by atoms with Crippen LogP contribution in [0.4, 0.5) is 0 Å². The lowest BCUT2D eigenvalue weighted by molar-refractivity contribution is -0.150. The minimum Gasteiger partial charge on any atom is -0.462 e. The van der Waals surface area contributed by atoms with Gasteiger partial charge in [-0.2, -0.15) is 0 Å². The highest BCUT2D eigenvalue weighted by Gasteiger charge is 2.21.